The van der Waals surface area contributed by atoms with Crippen molar-refractivity contribution < 1.29 is 14.0 Å². The van der Waals surface area contributed by atoms with E-state index < -0.39 is 0 Å². The first-order chi connectivity index (χ1) is 13.4. The lowest BCUT2D eigenvalue weighted by atomic mass is 9.89. The van der Waals surface area contributed by atoms with Crippen LogP contribution in [0.1, 0.15) is 55.0 Å². The van der Waals surface area contributed by atoms with Gasteiger partial charge in [-0.2, -0.15) is 0 Å². The van der Waals surface area contributed by atoms with E-state index in [4.69, 9.17) is 4.42 Å². The van der Waals surface area contributed by atoms with Crippen LogP contribution < -0.4 is 5.32 Å². The van der Waals surface area contributed by atoms with Gasteiger partial charge in [-0.05, 0) is 49.9 Å². The van der Waals surface area contributed by atoms with E-state index in [1.807, 2.05) is 19.1 Å². The average Bonchev–Trinajstić information content (AvgIpc) is 3.11. The molecule has 1 aliphatic heterocycles. The van der Waals surface area contributed by atoms with Gasteiger partial charge in [-0.3, -0.25) is 9.59 Å². The topological polar surface area (TPSA) is 75.4 Å². The number of rotatable bonds is 7. The fourth-order valence-corrected chi connectivity index (χ4v) is 3.56. The predicted molar refractivity (Wildman–Crippen MR) is 108 cm³/mol. The van der Waals surface area contributed by atoms with Crippen molar-refractivity contribution in [2.45, 2.75) is 46.6 Å². The summed E-state index contributed by atoms with van der Waals surface area (Å²) in [6, 6.07) is 7.43. The summed E-state index contributed by atoms with van der Waals surface area (Å²) in [4.78, 5) is 31.3. The van der Waals surface area contributed by atoms with Crippen LogP contribution >= 0.6 is 0 Å². The summed E-state index contributed by atoms with van der Waals surface area (Å²) in [5, 5.41) is 3.19. The van der Waals surface area contributed by atoms with Crippen LogP contribution in [0.2, 0.25) is 0 Å². The van der Waals surface area contributed by atoms with E-state index in [9.17, 15) is 9.59 Å². The summed E-state index contributed by atoms with van der Waals surface area (Å²) < 4.78 is 5.52. The van der Waals surface area contributed by atoms with Crippen molar-refractivity contribution >= 4 is 17.5 Å². The van der Waals surface area contributed by atoms with E-state index in [-0.39, 0.29) is 17.6 Å². The summed E-state index contributed by atoms with van der Waals surface area (Å²) >= 11 is 0. The Morgan fingerprint density at radius 2 is 2.11 bits per heavy atom. The Bertz CT molecular complexity index is 811. The molecule has 28 heavy (non-hydrogen) atoms. The molecule has 0 unspecified atom stereocenters. The van der Waals surface area contributed by atoms with Crippen molar-refractivity contribution in [1.82, 2.24) is 9.88 Å². The number of hydrogen-bond donors (Lipinski definition) is 1. The number of carbonyl (C=O) groups excluding carboxylic acids is 2. The predicted octanol–water partition coefficient (Wildman–Crippen LogP) is 4.06. The van der Waals surface area contributed by atoms with Gasteiger partial charge in [0, 0.05) is 31.6 Å². The van der Waals surface area contributed by atoms with Gasteiger partial charge in [-0.15, -0.1) is 0 Å². The second kappa shape index (κ2) is 9.04. The Morgan fingerprint density at radius 3 is 2.75 bits per heavy atom. The molecule has 6 nitrogen and oxygen atoms in total. The number of aromatic nitrogens is 1. The lowest BCUT2D eigenvalue weighted by Crippen LogP contribution is -2.42. The van der Waals surface area contributed by atoms with Crippen LogP contribution in [0, 0.1) is 18.8 Å². The van der Waals surface area contributed by atoms with Crippen molar-refractivity contribution in [2.24, 2.45) is 11.8 Å². The maximum Gasteiger partial charge on any atom is 0.255 e. The molecule has 0 bridgehead atoms. The number of likely N-dealkylation sites (tertiary alicyclic amines) is 1. The number of anilines is 1. The minimum Gasteiger partial charge on any atom is -0.465 e. The summed E-state index contributed by atoms with van der Waals surface area (Å²) in [5.41, 5.74) is 0.552. The van der Waals surface area contributed by atoms with Gasteiger partial charge in [0.05, 0.1) is 12.1 Å². The molecule has 1 N–H and O–H groups in total. The third kappa shape index (κ3) is 5.21. The Hall–Kier alpha value is -2.63. The van der Waals surface area contributed by atoms with Crippen molar-refractivity contribution in [1.29, 1.82) is 0 Å². The molecule has 1 amide bonds. The Balaban J connectivity index is 1.56. The zero-order valence-electron chi connectivity index (χ0n) is 16.9. The normalized spacial score (nSPS) is 17.0. The van der Waals surface area contributed by atoms with Gasteiger partial charge in [0.15, 0.2) is 0 Å². The zero-order chi connectivity index (χ0) is 20.1. The minimum absolute atomic E-state index is 0.0363. The standard InChI is InChI=1S/C22H29N3O3/c1-15(2)11-20(26)18-5-4-10-25(14-18)22(27)17-7-9-21(23-12-17)24-13-19-8-6-16(3)28-19/h6-9,12,15,18H,4-5,10-11,13-14H2,1-3H3,(H,23,24)/t18-/m1/s1. The minimum atomic E-state index is -0.0530. The van der Waals surface area contributed by atoms with Gasteiger partial charge in [0.1, 0.15) is 23.1 Å². The molecule has 3 rings (SSSR count). The Labute approximate surface area is 166 Å². The maximum atomic E-state index is 12.8. The summed E-state index contributed by atoms with van der Waals surface area (Å²) in [6.45, 7) is 7.77. The average molecular weight is 383 g/mol. The highest BCUT2D eigenvalue weighted by Crippen LogP contribution is 2.22. The van der Waals surface area contributed by atoms with Crippen LogP contribution in [0.5, 0.6) is 0 Å². The van der Waals surface area contributed by atoms with Gasteiger partial charge in [-0.25, -0.2) is 4.98 Å². The smallest absolute Gasteiger partial charge is 0.255 e. The number of piperidine rings is 1. The zero-order valence-corrected chi connectivity index (χ0v) is 16.9. The van der Waals surface area contributed by atoms with Gasteiger partial charge in [0.25, 0.3) is 5.91 Å². The highest BCUT2D eigenvalue weighted by atomic mass is 16.3. The third-order valence-corrected chi connectivity index (χ3v) is 5.02. The molecule has 2 aromatic rings. The molecule has 6 heteroatoms. The van der Waals surface area contributed by atoms with Gasteiger partial charge in [0.2, 0.25) is 0 Å². The highest BCUT2D eigenvalue weighted by molar-refractivity contribution is 5.94. The number of nitrogens with zero attached hydrogens (tertiary/aromatic N) is 2. The van der Waals surface area contributed by atoms with Crippen LogP contribution in [-0.2, 0) is 11.3 Å². The lowest BCUT2D eigenvalue weighted by molar-refractivity contribution is -0.124. The first-order valence-electron chi connectivity index (χ1n) is 9.99. The van der Waals surface area contributed by atoms with Crippen molar-refractivity contribution in [3.8, 4) is 0 Å². The van der Waals surface area contributed by atoms with Crippen LogP contribution in [0.3, 0.4) is 0 Å². The van der Waals surface area contributed by atoms with E-state index in [0.717, 1.165) is 24.4 Å². The molecule has 2 aromatic heterocycles. The van der Waals surface area contributed by atoms with Crippen molar-refractivity contribution in [2.75, 3.05) is 18.4 Å². The quantitative estimate of drug-likeness (QED) is 0.780. The molecule has 1 atom stereocenters. The van der Waals surface area contributed by atoms with Gasteiger partial charge < -0.3 is 14.6 Å². The molecular weight excluding hydrogens is 354 g/mol. The van der Waals surface area contributed by atoms with Gasteiger partial charge in [-0.1, -0.05) is 13.8 Å². The summed E-state index contributed by atoms with van der Waals surface area (Å²) in [5.74, 6) is 2.94. The number of pyridine rings is 1. The molecule has 1 fully saturated rings. The second-order valence-electron chi connectivity index (χ2n) is 7.95. The third-order valence-electron chi connectivity index (χ3n) is 5.02. The molecule has 0 aliphatic carbocycles. The lowest BCUT2D eigenvalue weighted by Gasteiger charge is -2.32. The molecule has 0 saturated carbocycles. The molecular formula is C22H29N3O3. The van der Waals surface area contributed by atoms with Crippen LogP contribution in [0.25, 0.3) is 0 Å². The molecule has 0 radical (unpaired) electrons. The Kier molecular flexibility index (Phi) is 6.49. The summed E-state index contributed by atoms with van der Waals surface area (Å²) in [7, 11) is 0. The van der Waals surface area contributed by atoms with Crippen molar-refractivity contribution in [3.05, 3.63) is 47.5 Å². The number of carbonyl (C=O) groups is 2. The van der Waals surface area contributed by atoms with Gasteiger partial charge >= 0.3 is 0 Å². The first-order valence-corrected chi connectivity index (χ1v) is 9.99. The van der Waals surface area contributed by atoms with E-state index >= 15 is 0 Å². The number of furan rings is 1. The van der Waals surface area contributed by atoms with Crippen LogP contribution in [0.15, 0.2) is 34.9 Å². The summed E-state index contributed by atoms with van der Waals surface area (Å²) in [6.07, 6.45) is 3.93. The van der Waals surface area contributed by atoms with E-state index in [1.54, 1.807) is 23.2 Å². The van der Waals surface area contributed by atoms with E-state index in [2.05, 4.69) is 24.1 Å². The van der Waals surface area contributed by atoms with E-state index in [0.29, 0.717) is 43.4 Å². The number of ketones is 1. The van der Waals surface area contributed by atoms with Crippen molar-refractivity contribution in [3.63, 3.8) is 0 Å². The fraction of sp³-hybridized carbons (Fsp3) is 0.500. The number of aryl methyl sites for hydroxylation is 1. The number of amides is 1. The van der Waals surface area contributed by atoms with Crippen LogP contribution in [-0.4, -0.2) is 34.7 Å². The number of nitrogens with one attached hydrogen (secondary N) is 1. The number of Topliss-reactive ketones (excluding diaryl/α,β-unsaturated/α-hetero) is 1. The van der Waals surface area contributed by atoms with E-state index in [1.165, 1.54) is 0 Å². The maximum absolute atomic E-state index is 12.8. The fourth-order valence-electron chi connectivity index (χ4n) is 3.56. The molecule has 3 heterocycles. The molecule has 0 aromatic carbocycles. The molecule has 150 valence electrons. The molecule has 1 aliphatic rings. The first kappa shape index (κ1) is 20.1. The number of hydrogen-bond acceptors (Lipinski definition) is 5. The monoisotopic (exact) mass is 383 g/mol. The second-order valence-corrected chi connectivity index (χ2v) is 7.95. The van der Waals surface area contributed by atoms with Crippen LogP contribution in [0.4, 0.5) is 5.82 Å². The Morgan fingerprint density at radius 1 is 1.29 bits per heavy atom. The highest BCUT2D eigenvalue weighted by Gasteiger charge is 2.29. The SMILES string of the molecule is Cc1ccc(CNc2ccc(C(=O)N3CCC[C@@H](C(=O)CC(C)C)C3)cn2)o1. The molecule has 0 spiro atoms. The molecule has 1 saturated heterocycles. The largest absolute Gasteiger partial charge is 0.465 e.